The van der Waals surface area contributed by atoms with Crippen LogP contribution in [0, 0.1) is 5.92 Å². The molecule has 1 amide bonds. The molecule has 0 heterocycles. The summed E-state index contributed by atoms with van der Waals surface area (Å²) in [5.74, 6) is -1.74. The zero-order valence-corrected chi connectivity index (χ0v) is 9.98. The van der Waals surface area contributed by atoms with Crippen LogP contribution in [0.3, 0.4) is 0 Å². The molecule has 0 N–H and O–H groups in total. The zero-order chi connectivity index (χ0) is 12.7. The van der Waals surface area contributed by atoms with Crippen LogP contribution in [0.5, 0.6) is 0 Å². The molecule has 0 radical (unpaired) electrons. The summed E-state index contributed by atoms with van der Waals surface area (Å²) in [6, 6.07) is 0. The van der Waals surface area contributed by atoms with Gasteiger partial charge in [0.1, 0.15) is 13.1 Å². The van der Waals surface area contributed by atoms with Crippen LogP contribution >= 0.6 is 0 Å². The Labute approximate surface area is 94.5 Å². The molecular formula is C10H17NO5. The van der Waals surface area contributed by atoms with E-state index < -0.39 is 11.9 Å². The van der Waals surface area contributed by atoms with Crippen LogP contribution in [0.1, 0.15) is 13.8 Å². The van der Waals surface area contributed by atoms with Gasteiger partial charge in [-0.15, -0.1) is 0 Å². The number of rotatable bonds is 5. The van der Waals surface area contributed by atoms with E-state index in [0.29, 0.717) is 0 Å². The van der Waals surface area contributed by atoms with E-state index in [2.05, 4.69) is 9.47 Å². The average molecular weight is 231 g/mol. The van der Waals surface area contributed by atoms with Crippen LogP contribution < -0.4 is 0 Å². The fraction of sp³-hybridized carbons (Fsp3) is 0.700. The molecular weight excluding hydrogens is 214 g/mol. The second-order valence-corrected chi connectivity index (χ2v) is 3.50. The van der Waals surface area contributed by atoms with Crippen LogP contribution in [-0.4, -0.2) is 50.1 Å². The molecule has 0 aliphatic carbocycles. The lowest BCUT2D eigenvalue weighted by atomic mass is 10.2. The lowest BCUT2D eigenvalue weighted by molar-refractivity contribution is -0.153. The van der Waals surface area contributed by atoms with Crippen molar-refractivity contribution in [3.63, 3.8) is 0 Å². The van der Waals surface area contributed by atoms with Crippen LogP contribution in [0.4, 0.5) is 0 Å². The highest BCUT2D eigenvalue weighted by atomic mass is 16.5. The van der Waals surface area contributed by atoms with Gasteiger partial charge in [0, 0.05) is 5.92 Å². The summed E-state index contributed by atoms with van der Waals surface area (Å²) in [6.45, 7) is 2.87. The first-order chi connectivity index (χ1) is 7.42. The molecule has 0 rings (SSSR count). The van der Waals surface area contributed by atoms with Gasteiger partial charge in [0.05, 0.1) is 14.2 Å². The van der Waals surface area contributed by atoms with Crippen LogP contribution in [-0.2, 0) is 23.9 Å². The van der Waals surface area contributed by atoms with Crippen molar-refractivity contribution in [2.75, 3.05) is 27.3 Å². The molecule has 0 aromatic rings. The molecule has 0 spiro atoms. The number of nitrogens with zero attached hydrogens (tertiary/aromatic N) is 1. The maximum absolute atomic E-state index is 11.7. The maximum Gasteiger partial charge on any atom is 0.325 e. The molecule has 0 fully saturated rings. The third-order valence-corrected chi connectivity index (χ3v) is 1.90. The summed E-state index contributed by atoms with van der Waals surface area (Å²) < 4.78 is 8.88. The van der Waals surface area contributed by atoms with Gasteiger partial charge in [0.25, 0.3) is 0 Å². The minimum Gasteiger partial charge on any atom is -0.468 e. The molecule has 16 heavy (non-hydrogen) atoms. The van der Waals surface area contributed by atoms with E-state index in [1.807, 2.05) is 0 Å². The number of hydrogen-bond donors (Lipinski definition) is 0. The van der Waals surface area contributed by atoms with Gasteiger partial charge in [-0.05, 0) is 0 Å². The fourth-order valence-electron chi connectivity index (χ4n) is 1.02. The number of methoxy groups -OCH3 is 2. The van der Waals surface area contributed by atoms with Crippen molar-refractivity contribution in [2.24, 2.45) is 5.92 Å². The molecule has 0 aliphatic heterocycles. The van der Waals surface area contributed by atoms with Crippen LogP contribution in [0.15, 0.2) is 0 Å². The van der Waals surface area contributed by atoms with Gasteiger partial charge >= 0.3 is 11.9 Å². The van der Waals surface area contributed by atoms with E-state index in [-0.39, 0.29) is 24.9 Å². The van der Waals surface area contributed by atoms with Crippen molar-refractivity contribution in [2.45, 2.75) is 13.8 Å². The van der Waals surface area contributed by atoms with Gasteiger partial charge < -0.3 is 14.4 Å². The van der Waals surface area contributed by atoms with E-state index >= 15 is 0 Å². The van der Waals surface area contributed by atoms with Crippen molar-refractivity contribution in [1.82, 2.24) is 4.90 Å². The van der Waals surface area contributed by atoms with E-state index in [1.54, 1.807) is 13.8 Å². The summed E-state index contributed by atoms with van der Waals surface area (Å²) in [7, 11) is 2.44. The predicted molar refractivity (Wildman–Crippen MR) is 55.5 cm³/mol. The van der Waals surface area contributed by atoms with Gasteiger partial charge in [0.15, 0.2) is 0 Å². The number of esters is 2. The molecule has 0 aliphatic rings. The van der Waals surface area contributed by atoms with Crippen LogP contribution in [0.25, 0.3) is 0 Å². The van der Waals surface area contributed by atoms with Crippen molar-refractivity contribution in [3.05, 3.63) is 0 Å². The highest BCUT2D eigenvalue weighted by molar-refractivity contribution is 5.86. The number of ether oxygens (including phenoxy) is 2. The Morgan fingerprint density at radius 1 is 1.00 bits per heavy atom. The number of amides is 1. The van der Waals surface area contributed by atoms with Gasteiger partial charge in [-0.2, -0.15) is 0 Å². The monoisotopic (exact) mass is 231 g/mol. The molecule has 6 nitrogen and oxygen atoms in total. The number of carbonyl (C=O) groups excluding carboxylic acids is 3. The molecule has 0 aromatic heterocycles. The normalized spacial score (nSPS) is 9.81. The largest absolute Gasteiger partial charge is 0.468 e. The van der Waals surface area contributed by atoms with Gasteiger partial charge in [-0.1, -0.05) is 13.8 Å². The van der Waals surface area contributed by atoms with E-state index in [4.69, 9.17) is 0 Å². The van der Waals surface area contributed by atoms with Crippen molar-refractivity contribution >= 4 is 17.8 Å². The van der Waals surface area contributed by atoms with Gasteiger partial charge in [0.2, 0.25) is 5.91 Å². The first-order valence-electron chi connectivity index (χ1n) is 4.84. The third kappa shape index (κ3) is 4.77. The lowest BCUT2D eigenvalue weighted by Gasteiger charge is -2.21. The molecule has 0 saturated carbocycles. The lowest BCUT2D eigenvalue weighted by Crippen LogP contribution is -2.42. The number of hydrogen-bond acceptors (Lipinski definition) is 5. The molecule has 0 aromatic carbocycles. The van der Waals surface area contributed by atoms with Crippen LogP contribution in [0.2, 0.25) is 0 Å². The second kappa shape index (κ2) is 6.81. The Kier molecular flexibility index (Phi) is 6.14. The van der Waals surface area contributed by atoms with E-state index in [9.17, 15) is 14.4 Å². The molecule has 0 bridgehead atoms. The molecule has 6 heteroatoms. The zero-order valence-electron chi connectivity index (χ0n) is 9.98. The first-order valence-corrected chi connectivity index (χ1v) is 4.84. The van der Waals surface area contributed by atoms with Gasteiger partial charge in [-0.25, -0.2) is 0 Å². The van der Waals surface area contributed by atoms with Crippen molar-refractivity contribution < 1.29 is 23.9 Å². The SMILES string of the molecule is COC(=O)CN(CC(=O)OC)C(=O)C(C)C. The van der Waals surface area contributed by atoms with Crippen molar-refractivity contribution in [1.29, 1.82) is 0 Å². The summed E-state index contributed by atoms with van der Waals surface area (Å²) >= 11 is 0. The van der Waals surface area contributed by atoms with Crippen molar-refractivity contribution in [3.8, 4) is 0 Å². The summed E-state index contributed by atoms with van der Waals surface area (Å²) in [5, 5.41) is 0. The molecule has 0 unspecified atom stereocenters. The maximum atomic E-state index is 11.7. The Morgan fingerprint density at radius 2 is 1.38 bits per heavy atom. The topological polar surface area (TPSA) is 72.9 Å². The molecule has 0 atom stereocenters. The Hall–Kier alpha value is -1.59. The molecule has 92 valence electrons. The van der Waals surface area contributed by atoms with E-state index in [1.165, 1.54) is 14.2 Å². The third-order valence-electron chi connectivity index (χ3n) is 1.90. The minimum atomic E-state index is -0.571. The van der Waals surface area contributed by atoms with E-state index in [0.717, 1.165) is 4.90 Å². The summed E-state index contributed by atoms with van der Waals surface area (Å²) in [5.41, 5.74) is 0. The summed E-state index contributed by atoms with van der Waals surface area (Å²) in [4.78, 5) is 34.9. The first kappa shape index (κ1) is 14.4. The molecule has 0 saturated heterocycles. The standard InChI is InChI=1S/C10H17NO5/c1-7(2)10(14)11(5-8(12)15-3)6-9(13)16-4/h7H,5-6H2,1-4H3. The quantitative estimate of drug-likeness (QED) is 0.613. The fourth-order valence-corrected chi connectivity index (χ4v) is 1.02. The van der Waals surface area contributed by atoms with Gasteiger partial charge in [-0.3, -0.25) is 14.4 Å². The number of carbonyl (C=O) groups is 3. The Bertz CT molecular complexity index is 256. The average Bonchev–Trinajstić information content (AvgIpc) is 2.26. The smallest absolute Gasteiger partial charge is 0.325 e. The predicted octanol–water partition coefficient (Wildman–Crippen LogP) is -0.183. The second-order valence-electron chi connectivity index (χ2n) is 3.50. The highest BCUT2D eigenvalue weighted by Gasteiger charge is 2.22. The Morgan fingerprint density at radius 3 is 1.62 bits per heavy atom. The Balaban J connectivity index is 4.56. The minimum absolute atomic E-state index is 0.247. The highest BCUT2D eigenvalue weighted by Crippen LogP contribution is 2.02. The summed E-state index contributed by atoms with van der Waals surface area (Å²) in [6.07, 6.45) is 0.